The Labute approximate surface area is 41.3 Å². The molecule has 0 heterocycles. The van der Waals surface area contributed by atoms with Crippen LogP contribution in [0, 0.1) is 0 Å². The SMILES string of the molecule is OC(=S)C1=CC1. The van der Waals surface area contributed by atoms with Gasteiger partial charge in [-0.05, 0) is 18.6 Å². The van der Waals surface area contributed by atoms with Gasteiger partial charge in [-0.3, -0.25) is 0 Å². The molecule has 0 aromatic carbocycles. The highest BCUT2D eigenvalue weighted by Gasteiger charge is 2.09. The monoisotopic (exact) mass is 100.0 g/mol. The van der Waals surface area contributed by atoms with E-state index in [1.54, 1.807) is 0 Å². The fourth-order valence-corrected chi connectivity index (χ4v) is 0.392. The summed E-state index contributed by atoms with van der Waals surface area (Å²) in [4.78, 5) is 0. The molecule has 2 heteroatoms. The Morgan fingerprint density at radius 3 is 2.50 bits per heavy atom. The second-order valence-electron chi connectivity index (χ2n) is 1.24. The quantitative estimate of drug-likeness (QED) is 0.500. The van der Waals surface area contributed by atoms with Crippen LogP contribution in [-0.2, 0) is 0 Å². The standard InChI is InChI=1S/C4H4OS/c5-4(6)3-1-2-3/h1H,2H2,(H,5,6). The molecule has 1 nitrogen and oxygen atoms in total. The van der Waals surface area contributed by atoms with Gasteiger partial charge in [-0.2, -0.15) is 0 Å². The topological polar surface area (TPSA) is 20.2 Å². The number of hydrogen-bond acceptors (Lipinski definition) is 1. The molecule has 0 amide bonds. The van der Waals surface area contributed by atoms with Crippen LogP contribution in [0.5, 0.6) is 0 Å². The lowest BCUT2D eigenvalue weighted by atomic mass is 10.5. The van der Waals surface area contributed by atoms with Crippen LogP contribution in [0.4, 0.5) is 0 Å². The summed E-state index contributed by atoms with van der Waals surface area (Å²) in [5, 5.41) is 8.42. The minimum Gasteiger partial charge on any atom is -0.499 e. The van der Waals surface area contributed by atoms with E-state index in [2.05, 4.69) is 12.2 Å². The molecule has 0 spiro atoms. The van der Waals surface area contributed by atoms with E-state index >= 15 is 0 Å². The maximum atomic E-state index is 8.36. The van der Waals surface area contributed by atoms with Crippen LogP contribution in [0.2, 0.25) is 0 Å². The Morgan fingerprint density at radius 2 is 2.50 bits per heavy atom. The lowest BCUT2D eigenvalue weighted by molar-refractivity contribution is 0.571. The molecule has 6 heavy (non-hydrogen) atoms. The predicted octanol–water partition coefficient (Wildman–Crippen LogP) is 1.20. The zero-order valence-corrected chi connectivity index (χ0v) is 3.96. The second-order valence-corrected chi connectivity index (χ2v) is 1.63. The molecule has 0 saturated heterocycles. The van der Waals surface area contributed by atoms with E-state index in [1.165, 1.54) is 0 Å². The molecule has 0 saturated carbocycles. The van der Waals surface area contributed by atoms with Crippen molar-refractivity contribution in [3.63, 3.8) is 0 Å². The first kappa shape index (κ1) is 3.81. The Bertz CT molecular complexity index is 115. The van der Waals surface area contributed by atoms with Gasteiger partial charge in [0.2, 0.25) is 0 Å². The fourth-order valence-electron chi connectivity index (χ4n) is 0.226. The van der Waals surface area contributed by atoms with Gasteiger partial charge in [0.05, 0.1) is 0 Å². The van der Waals surface area contributed by atoms with Gasteiger partial charge < -0.3 is 5.11 Å². The zero-order valence-electron chi connectivity index (χ0n) is 3.14. The van der Waals surface area contributed by atoms with Crippen molar-refractivity contribution in [2.75, 3.05) is 0 Å². The van der Waals surface area contributed by atoms with Crippen LogP contribution in [0.25, 0.3) is 0 Å². The predicted molar refractivity (Wildman–Crippen MR) is 27.9 cm³/mol. The number of hydrogen-bond donors (Lipinski definition) is 1. The van der Waals surface area contributed by atoms with Gasteiger partial charge in [0.1, 0.15) is 0 Å². The summed E-state index contributed by atoms with van der Waals surface area (Å²) < 4.78 is 0. The molecule has 0 fully saturated rings. The molecular formula is C4H4OS. The van der Waals surface area contributed by atoms with Crippen LogP contribution in [0.1, 0.15) is 6.42 Å². The van der Waals surface area contributed by atoms with Crippen molar-refractivity contribution in [3.05, 3.63) is 11.6 Å². The number of aliphatic hydroxyl groups excluding tert-OH is 1. The second kappa shape index (κ2) is 1.05. The van der Waals surface area contributed by atoms with E-state index in [4.69, 9.17) is 5.11 Å². The zero-order chi connectivity index (χ0) is 4.57. The molecule has 0 atom stereocenters. The molecule has 1 N–H and O–H groups in total. The van der Waals surface area contributed by atoms with Crippen molar-refractivity contribution in [2.24, 2.45) is 0 Å². The van der Waals surface area contributed by atoms with Crippen molar-refractivity contribution in [3.8, 4) is 0 Å². The number of aliphatic hydroxyl groups is 1. The largest absolute Gasteiger partial charge is 0.499 e. The van der Waals surface area contributed by atoms with Crippen molar-refractivity contribution in [1.29, 1.82) is 0 Å². The summed E-state index contributed by atoms with van der Waals surface area (Å²) in [7, 11) is 0. The van der Waals surface area contributed by atoms with Gasteiger partial charge in [-0.1, -0.05) is 6.08 Å². The summed E-state index contributed by atoms with van der Waals surface area (Å²) in [6, 6.07) is 0. The van der Waals surface area contributed by atoms with Gasteiger partial charge >= 0.3 is 0 Å². The maximum Gasteiger partial charge on any atom is 0.184 e. The third-order valence-electron chi connectivity index (χ3n) is 0.683. The highest BCUT2D eigenvalue weighted by Crippen LogP contribution is 2.18. The average Bonchev–Trinajstić information content (AvgIpc) is 2.06. The van der Waals surface area contributed by atoms with Crippen LogP contribution in [-0.4, -0.2) is 10.2 Å². The Kier molecular flexibility index (Phi) is 0.665. The Hall–Kier alpha value is -0.370. The summed E-state index contributed by atoms with van der Waals surface area (Å²) in [5.74, 6) is 0. The molecule has 0 aliphatic heterocycles. The third-order valence-corrected chi connectivity index (χ3v) is 0.945. The molecule has 1 rings (SSSR count). The van der Waals surface area contributed by atoms with E-state index in [-0.39, 0.29) is 5.05 Å². The lowest BCUT2D eigenvalue weighted by Crippen LogP contribution is -1.82. The van der Waals surface area contributed by atoms with Crippen LogP contribution in [0.3, 0.4) is 0 Å². The van der Waals surface area contributed by atoms with Gasteiger partial charge in [0, 0.05) is 5.57 Å². The van der Waals surface area contributed by atoms with Crippen molar-refractivity contribution < 1.29 is 5.11 Å². The van der Waals surface area contributed by atoms with Crippen LogP contribution in [0.15, 0.2) is 11.6 Å². The van der Waals surface area contributed by atoms with Crippen molar-refractivity contribution >= 4 is 17.3 Å². The molecule has 0 radical (unpaired) electrons. The molecule has 0 bridgehead atoms. The van der Waals surface area contributed by atoms with E-state index in [0.717, 1.165) is 12.0 Å². The lowest BCUT2D eigenvalue weighted by Gasteiger charge is -1.75. The Balaban J connectivity index is 2.52. The van der Waals surface area contributed by atoms with Gasteiger partial charge in [-0.15, -0.1) is 0 Å². The maximum absolute atomic E-state index is 8.36. The minimum atomic E-state index is 0.0648. The van der Waals surface area contributed by atoms with E-state index < -0.39 is 0 Å². The van der Waals surface area contributed by atoms with E-state index in [1.807, 2.05) is 6.08 Å². The molecule has 1 aliphatic carbocycles. The first-order valence-electron chi connectivity index (χ1n) is 1.73. The third kappa shape index (κ3) is 0.571. The molecule has 0 unspecified atom stereocenters. The number of rotatable bonds is 1. The van der Waals surface area contributed by atoms with E-state index in [0.29, 0.717) is 0 Å². The Morgan fingerprint density at radius 1 is 2.00 bits per heavy atom. The molecule has 0 aromatic rings. The highest BCUT2D eigenvalue weighted by molar-refractivity contribution is 7.80. The first-order chi connectivity index (χ1) is 2.80. The molecule has 1 aliphatic rings. The summed E-state index contributed by atoms with van der Waals surface area (Å²) in [6.07, 6.45) is 2.79. The summed E-state index contributed by atoms with van der Waals surface area (Å²) >= 11 is 4.37. The fraction of sp³-hybridized carbons (Fsp3) is 0.250. The normalized spacial score (nSPS) is 16.3. The molecule has 32 valence electrons. The molecular weight excluding hydrogens is 96.1 g/mol. The van der Waals surface area contributed by atoms with Crippen molar-refractivity contribution in [1.82, 2.24) is 0 Å². The van der Waals surface area contributed by atoms with Crippen LogP contribution < -0.4 is 0 Å². The minimum absolute atomic E-state index is 0.0648. The van der Waals surface area contributed by atoms with Gasteiger partial charge in [0.15, 0.2) is 5.05 Å². The average molecular weight is 100 g/mol. The summed E-state index contributed by atoms with van der Waals surface area (Å²) in [5.41, 5.74) is 0.921. The highest BCUT2D eigenvalue weighted by atomic mass is 32.1. The van der Waals surface area contributed by atoms with Gasteiger partial charge in [0.25, 0.3) is 0 Å². The van der Waals surface area contributed by atoms with Gasteiger partial charge in [-0.25, -0.2) is 0 Å². The van der Waals surface area contributed by atoms with Crippen molar-refractivity contribution in [2.45, 2.75) is 6.42 Å². The smallest absolute Gasteiger partial charge is 0.184 e. The van der Waals surface area contributed by atoms with E-state index in [9.17, 15) is 0 Å². The number of thiocarbonyl (C=S) groups is 1. The first-order valence-corrected chi connectivity index (χ1v) is 2.14. The molecule has 0 aromatic heterocycles. The van der Waals surface area contributed by atoms with Crippen LogP contribution >= 0.6 is 12.2 Å². The number of allylic oxidation sites excluding steroid dienone is 1. The summed E-state index contributed by atoms with van der Waals surface area (Å²) in [6.45, 7) is 0.